The number of hydrogen-bond acceptors (Lipinski definition) is 2. The van der Waals surface area contributed by atoms with Gasteiger partial charge in [0.15, 0.2) is 0 Å². The van der Waals surface area contributed by atoms with Gasteiger partial charge in [-0.25, -0.2) is 0 Å². The Hall–Kier alpha value is -2.53. The second-order valence-corrected chi connectivity index (χ2v) is 3.98. The van der Waals surface area contributed by atoms with Gasteiger partial charge in [0.1, 0.15) is 6.07 Å². The molecule has 0 saturated carbocycles. The van der Waals surface area contributed by atoms with Gasteiger partial charge in [0, 0.05) is 5.57 Å². The maximum atomic E-state index is 9.32. The van der Waals surface area contributed by atoms with Crippen LogP contribution >= 0.6 is 0 Å². The molecule has 0 aliphatic heterocycles. The Balaban J connectivity index is 2.61. The molecule has 0 spiro atoms. The molecule has 2 aromatic carbocycles. The van der Waals surface area contributed by atoms with Crippen LogP contribution in [0.15, 0.2) is 66.4 Å². The van der Waals surface area contributed by atoms with E-state index in [-0.39, 0.29) is 0 Å². The number of benzene rings is 2. The highest BCUT2D eigenvalue weighted by Gasteiger charge is 2.12. The van der Waals surface area contributed by atoms with Crippen molar-refractivity contribution in [2.24, 2.45) is 0 Å². The first-order valence-electron chi connectivity index (χ1n) is 6.24. The first kappa shape index (κ1) is 12.9. The SMILES string of the molecule is CCOC(C#N)=C(c1ccccc1)c1ccccc1. The van der Waals surface area contributed by atoms with Gasteiger partial charge in [-0.2, -0.15) is 5.26 Å². The third-order valence-electron chi connectivity index (χ3n) is 2.74. The van der Waals surface area contributed by atoms with E-state index in [1.165, 1.54) is 0 Å². The Kier molecular flexibility index (Phi) is 4.36. The fraction of sp³-hybridized carbons (Fsp3) is 0.118. The molecule has 0 saturated heterocycles. The topological polar surface area (TPSA) is 33.0 Å². The smallest absolute Gasteiger partial charge is 0.205 e. The van der Waals surface area contributed by atoms with Crippen LogP contribution in [0, 0.1) is 11.3 Å². The van der Waals surface area contributed by atoms with Crippen molar-refractivity contribution >= 4 is 5.57 Å². The van der Waals surface area contributed by atoms with Gasteiger partial charge in [-0.1, -0.05) is 60.7 Å². The first-order valence-corrected chi connectivity index (χ1v) is 6.24. The van der Waals surface area contributed by atoms with Crippen LogP contribution in [0.4, 0.5) is 0 Å². The molecule has 2 nitrogen and oxygen atoms in total. The summed E-state index contributed by atoms with van der Waals surface area (Å²) in [6, 6.07) is 21.8. The minimum atomic E-state index is 0.361. The van der Waals surface area contributed by atoms with Crippen LogP contribution in [0.5, 0.6) is 0 Å². The lowest BCUT2D eigenvalue weighted by Gasteiger charge is -2.11. The van der Waals surface area contributed by atoms with Gasteiger partial charge in [-0.05, 0) is 18.1 Å². The highest BCUT2D eigenvalue weighted by molar-refractivity contribution is 5.83. The molecule has 0 aliphatic rings. The highest BCUT2D eigenvalue weighted by atomic mass is 16.5. The Morgan fingerprint density at radius 2 is 1.42 bits per heavy atom. The molecule has 19 heavy (non-hydrogen) atoms. The Morgan fingerprint density at radius 3 is 1.79 bits per heavy atom. The lowest BCUT2D eigenvalue weighted by atomic mass is 9.97. The van der Waals surface area contributed by atoms with Gasteiger partial charge in [-0.15, -0.1) is 0 Å². The van der Waals surface area contributed by atoms with Gasteiger partial charge < -0.3 is 4.74 Å². The quantitative estimate of drug-likeness (QED) is 0.606. The number of hydrogen-bond donors (Lipinski definition) is 0. The standard InChI is InChI=1S/C17H15NO/c1-2-19-16(13-18)17(14-9-5-3-6-10-14)15-11-7-4-8-12-15/h3-12H,2H2,1H3. The summed E-state index contributed by atoms with van der Waals surface area (Å²) in [5, 5.41) is 9.32. The maximum absolute atomic E-state index is 9.32. The molecule has 0 aromatic heterocycles. The van der Waals surface area contributed by atoms with Crippen molar-refractivity contribution in [1.29, 1.82) is 5.26 Å². The summed E-state index contributed by atoms with van der Waals surface area (Å²) in [5.41, 5.74) is 2.81. The van der Waals surface area contributed by atoms with Gasteiger partial charge >= 0.3 is 0 Å². The van der Waals surface area contributed by atoms with E-state index in [4.69, 9.17) is 4.74 Å². The average molecular weight is 249 g/mol. The molecule has 0 atom stereocenters. The number of nitriles is 1. The molecule has 2 aromatic rings. The Bertz CT molecular complexity index is 553. The van der Waals surface area contributed by atoms with Gasteiger partial charge in [0.05, 0.1) is 6.61 Å². The van der Waals surface area contributed by atoms with Crippen molar-refractivity contribution in [2.45, 2.75) is 6.92 Å². The Morgan fingerprint density at radius 1 is 0.947 bits per heavy atom. The number of rotatable bonds is 4. The normalized spacial score (nSPS) is 9.47. The van der Waals surface area contributed by atoms with E-state index < -0.39 is 0 Å². The van der Waals surface area contributed by atoms with Crippen molar-refractivity contribution in [2.75, 3.05) is 6.61 Å². The third kappa shape index (κ3) is 3.02. The molecule has 0 radical (unpaired) electrons. The zero-order valence-corrected chi connectivity index (χ0v) is 10.8. The van der Waals surface area contributed by atoms with Gasteiger partial charge in [0.25, 0.3) is 0 Å². The van der Waals surface area contributed by atoms with Gasteiger partial charge in [-0.3, -0.25) is 0 Å². The second-order valence-electron chi connectivity index (χ2n) is 3.98. The van der Waals surface area contributed by atoms with Crippen molar-refractivity contribution in [3.63, 3.8) is 0 Å². The van der Waals surface area contributed by atoms with Crippen LogP contribution in [0.1, 0.15) is 18.1 Å². The van der Waals surface area contributed by atoms with Crippen LogP contribution in [0.3, 0.4) is 0 Å². The summed E-state index contributed by atoms with van der Waals surface area (Å²) < 4.78 is 5.48. The fourth-order valence-electron chi connectivity index (χ4n) is 1.94. The molecule has 94 valence electrons. The lowest BCUT2D eigenvalue weighted by molar-refractivity contribution is 0.247. The van der Waals surface area contributed by atoms with Crippen molar-refractivity contribution < 1.29 is 4.74 Å². The van der Waals surface area contributed by atoms with Gasteiger partial charge in [0.2, 0.25) is 5.76 Å². The molecular formula is C17H15NO. The summed E-state index contributed by atoms with van der Waals surface area (Å²) in [6.07, 6.45) is 0. The molecule has 2 heteroatoms. The molecule has 0 N–H and O–H groups in total. The maximum Gasteiger partial charge on any atom is 0.205 e. The molecule has 0 unspecified atom stereocenters. The summed E-state index contributed by atoms with van der Waals surface area (Å²) in [7, 11) is 0. The van der Waals surface area contributed by atoms with E-state index >= 15 is 0 Å². The molecule has 2 rings (SSSR count). The molecular weight excluding hydrogens is 234 g/mol. The predicted molar refractivity (Wildman–Crippen MR) is 76.1 cm³/mol. The monoisotopic (exact) mass is 249 g/mol. The van der Waals surface area contributed by atoms with Crippen molar-refractivity contribution in [3.8, 4) is 6.07 Å². The first-order chi connectivity index (χ1) is 9.36. The lowest BCUT2D eigenvalue weighted by Crippen LogP contribution is -1.97. The number of nitrogens with zero attached hydrogens (tertiary/aromatic N) is 1. The number of ether oxygens (including phenoxy) is 1. The van der Waals surface area contributed by atoms with Crippen molar-refractivity contribution in [3.05, 3.63) is 77.5 Å². The minimum absolute atomic E-state index is 0.361. The van der Waals surface area contributed by atoms with E-state index in [1.807, 2.05) is 67.6 Å². The molecule has 0 heterocycles. The highest BCUT2D eigenvalue weighted by Crippen LogP contribution is 2.27. The molecule has 0 fully saturated rings. The van der Waals surface area contributed by atoms with E-state index in [1.54, 1.807) is 0 Å². The number of allylic oxidation sites excluding steroid dienone is 1. The Labute approximate surface area is 113 Å². The zero-order valence-electron chi connectivity index (χ0n) is 10.8. The van der Waals surface area contributed by atoms with Crippen LogP contribution < -0.4 is 0 Å². The van der Waals surface area contributed by atoms with E-state index in [0.717, 1.165) is 16.7 Å². The summed E-state index contributed by atoms with van der Waals surface area (Å²) in [5.74, 6) is 0.361. The van der Waals surface area contributed by atoms with Crippen LogP contribution in [0.2, 0.25) is 0 Å². The van der Waals surface area contributed by atoms with E-state index in [9.17, 15) is 5.26 Å². The third-order valence-corrected chi connectivity index (χ3v) is 2.74. The van der Waals surface area contributed by atoms with E-state index in [2.05, 4.69) is 6.07 Å². The second kappa shape index (κ2) is 6.42. The summed E-state index contributed by atoms with van der Waals surface area (Å²) in [4.78, 5) is 0. The van der Waals surface area contributed by atoms with Crippen molar-refractivity contribution in [1.82, 2.24) is 0 Å². The zero-order chi connectivity index (χ0) is 13.5. The van der Waals surface area contributed by atoms with Crippen LogP contribution in [0.25, 0.3) is 5.57 Å². The largest absolute Gasteiger partial charge is 0.484 e. The molecule has 0 aliphatic carbocycles. The summed E-state index contributed by atoms with van der Waals surface area (Å²) in [6.45, 7) is 2.36. The van der Waals surface area contributed by atoms with Crippen LogP contribution in [-0.2, 0) is 4.74 Å². The molecule has 0 amide bonds. The fourth-order valence-corrected chi connectivity index (χ4v) is 1.94. The van der Waals surface area contributed by atoms with Crippen LogP contribution in [-0.4, -0.2) is 6.61 Å². The average Bonchev–Trinajstić information content (AvgIpc) is 2.49. The molecule has 0 bridgehead atoms. The predicted octanol–water partition coefficient (Wildman–Crippen LogP) is 4.01. The summed E-state index contributed by atoms with van der Waals surface area (Å²) >= 11 is 0. The minimum Gasteiger partial charge on any atom is -0.484 e. The van der Waals surface area contributed by atoms with E-state index in [0.29, 0.717) is 12.4 Å².